The number of aryl methyl sites for hydroxylation is 1. The van der Waals surface area contributed by atoms with E-state index < -0.39 is 0 Å². The van der Waals surface area contributed by atoms with Gasteiger partial charge in [-0.15, -0.1) is 0 Å². The number of nitrogens with zero attached hydrogens (tertiary/aromatic N) is 1. The molecule has 0 bridgehead atoms. The van der Waals surface area contributed by atoms with Crippen LogP contribution in [0.2, 0.25) is 0 Å². The summed E-state index contributed by atoms with van der Waals surface area (Å²) < 4.78 is 0. The van der Waals surface area contributed by atoms with Gasteiger partial charge >= 0.3 is 0 Å². The van der Waals surface area contributed by atoms with Crippen molar-refractivity contribution >= 4 is 5.69 Å². The van der Waals surface area contributed by atoms with Gasteiger partial charge in [-0.25, -0.2) is 0 Å². The normalized spacial score (nSPS) is 18.6. The van der Waals surface area contributed by atoms with Crippen LogP contribution in [0.3, 0.4) is 0 Å². The van der Waals surface area contributed by atoms with Crippen LogP contribution in [-0.2, 0) is 12.8 Å². The van der Waals surface area contributed by atoms with Crippen LogP contribution in [0.15, 0.2) is 24.3 Å². The molecule has 0 saturated carbocycles. The predicted molar refractivity (Wildman–Crippen MR) is 74.2 cm³/mol. The lowest BCUT2D eigenvalue weighted by atomic mass is 9.84. The molecule has 0 spiro atoms. The van der Waals surface area contributed by atoms with E-state index in [2.05, 4.69) is 23.2 Å². The molecule has 1 heterocycles. The van der Waals surface area contributed by atoms with E-state index in [0.717, 1.165) is 35.7 Å². The quantitative estimate of drug-likeness (QED) is 0.793. The zero-order valence-electron chi connectivity index (χ0n) is 10.7. The van der Waals surface area contributed by atoms with Gasteiger partial charge in [0.2, 0.25) is 0 Å². The maximum Gasteiger partial charge on any atom is 0.0976 e. The highest BCUT2D eigenvalue weighted by Crippen LogP contribution is 2.35. The topological polar surface area (TPSA) is 54.7 Å². The summed E-state index contributed by atoms with van der Waals surface area (Å²) in [6, 6.07) is 7.98. The summed E-state index contributed by atoms with van der Waals surface area (Å²) in [6.07, 6.45) is 4.77. The maximum atomic E-state index is 6.06. The smallest absolute Gasteiger partial charge is 0.0976 e. The molecule has 3 heteroatoms. The zero-order valence-corrected chi connectivity index (χ0v) is 10.7. The summed E-state index contributed by atoms with van der Waals surface area (Å²) in [4.78, 5) is 0. The standard InChI is InChI=1S/C15H19N3/c1-2-10-7-8-14-12(9-10)15(18-17-14)11-5-3-4-6-13(11)16/h3-6,10H,2,7-9,16H2,1H3,(H,17,18). The van der Waals surface area contributed by atoms with Gasteiger partial charge in [-0.05, 0) is 31.2 Å². The fraction of sp³-hybridized carbons (Fsp3) is 0.400. The minimum absolute atomic E-state index is 0.791. The highest BCUT2D eigenvalue weighted by atomic mass is 15.1. The van der Waals surface area contributed by atoms with Gasteiger partial charge in [-0.2, -0.15) is 5.10 Å². The molecule has 3 rings (SSSR count). The van der Waals surface area contributed by atoms with Crippen molar-refractivity contribution in [3.63, 3.8) is 0 Å². The van der Waals surface area contributed by atoms with E-state index in [1.807, 2.05) is 18.2 Å². The molecule has 0 saturated heterocycles. The Labute approximate surface area is 107 Å². The molecule has 94 valence electrons. The molecule has 0 amide bonds. The van der Waals surface area contributed by atoms with Crippen LogP contribution in [0.25, 0.3) is 11.3 Å². The van der Waals surface area contributed by atoms with Crippen molar-refractivity contribution in [1.82, 2.24) is 10.2 Å². The molecule has 3 N–H and O–H groups in total. The summed E-state index contributed by atoms with van der Waals surface area (Å²) in [5.41, 5.74) is 11.7. The fourth-order valence-corrected chi connectivity index (χ4v) is 2.85. The molecule has 1 aliphatic carbocycles. The van der Waals surface area contributed by atoms with Crippen LogP contribution in [0.1, 0.15) is 31.0 Å². The first-order chi connectivity index (χ1) is 8.79. The number of aromatic amines is 1. The Hall–Kier alpha value is -1.77. The number of aromatic nitrogens is 2. The molecule has 1 unspecified atom stereocenters. The SMILES string of the molecule is CCC1CCc2[nH]nc(-c3ccccc3N)c2C1. The van der Waals surface area contributed by atoms with Gasteiger partial charge in [-0.3, -0.25) is 5.10 Å². The van der Waals surface area contributed by atoms with Gasteiger partial charge in [0.1, 0.15) is 0 Å². The lowest BCUT2D eigenvalue weighted by Crippen LogP contribution is -2.13. The number of anilines is 1. The van der Waals surface area contributed by atoms with Gasteiger partial charge < -0.3 is 5.73 Å². The molecule has 18 heavy (non-hydrogen) atoms. The van der Waals surface area contributed by atoms with Crippen molar-refractivity contribution in [2.75, 3.05) is 5.73 Å². The van der Waals surface area contributed by atoms with Gasteiger partial charge in [-0.1, -0.05) is 31.5 Å². The van der Waals surface area contributed by atoms with Crippen LogP contribution < -0.4 is 5.73 Å². The van der Waals surface area contributed by atoms with Crippen LogP contribution in [0.5, 0.6) is 0 Å². The average Bonchev–Trinajstić information content (AvgIpc) is 2.82. The highest BCUT2D eigenvalue weighted by molar-refractivity contribution is 5.76. The fourth-order valence-electron chi connectivity index (χ4n) is 2.85. The number of nitrogen functional groups attached to an aromatic ring is 1. The molecule has 1 aliphatic rings. The molecular weight excluding hydrogens is 222 g/mol. The summed E-state index contributed by atoms with van der Waals surface area (Å²) >= 11 is 0. The van der Waals surface area contributed by atoms with Crippen molar-refractivity contribution in [2.45, 2.75) is 32.6 Å². The molecule has 3 nitrogen and oxygen atoms in total. The third-order valence-electron chi connectivity index (χ3n) is 4.04. The molecule has 0 aliphatic heterocycles. The summed E-state index contributed by atoms with van der Waals surface area (Å²) in [6.45, 7) is 2.27. The van der Waals surface area contributed by atoms with E-state index >= 15 is 0 Å². The Kier molecular flexibility index (Phi) is 2.82. The minimum Gasteiger partial charge on any atom is -0.398 e. The Bertz CT molecular complexity index is 557. The van der Waals surface area contributed by atoms with E-state index in [4.69, 9.17) is 5.73 Å². The first kappa shape index (κ1) is 11.3. The number of hydrogen-bond acceptors (Lipinski definition) is 2. The number of nitrogens with two attached hydrogens (primary N) is 1. The maximum absolute atomic E-state index is 6.06. The highest BCUT2D eigenvalue weighted by Gasteiger charge is 2.23. The van der Waals surface area contributed by atoms with Crippen molar-refractivity contribution in [1.29, 1.82) is 0 Å². The molecule has 0 radical (unpaired) electrons. The van der Waals surface area contributed by atoms with Gasteiger partial charge in [0.25, 0.3) is 0 Å². The third kappa shape index (κ3) is 1.80. The first-order valence-corrected chi connectivity index (χ1v) is 6.70. The van der Waals surface area contributed by atoms with Crippen LogP contribution in [-0.4, -0.2) is 10.2 Å². The third-order valence-corrected chi connectivity index (χ3v) is 4.04. The van der Waals surface area contributed by atoms with Gasteiger partial charge in [0.05, 0.1) is 5.69 Å². The van der Waals surface area contributed by atoms with Crippen molar-refractivity contribution < 1.29 is 0 Å². The number of benzene rings is 1. The second-order valence-corrected chi connectivity index (χ2v) is 5.13. The van der Waals surface area contributed by atoms with Crippen LogP contribution >= 0.6 is 0 Å². The Morgan fingerprint density at radius 1 is 1.39 bits per heavy atom. The van der Waals surface area contributed by atoms with Gasteiger partial charge in [0.15, 0.2) is 0 Å². The number of nitrogens with one attached hydrogen (secondary N) is 1. The van der Waals surface area contributed by atoms with E-state index in [0.29, 0.717) is 0 Å². The predicted octanol–water partition coefficient (Wildman–Crippen LogP) is 3.17. The largest absolute Gasteiger partial charge is 0.398 e. The second-order valence-electron chi connectivity index (χ2n) is 5.13. The molecular formula is C15H19N3. The van der Waals surface area contributed by atoms with Crippen molar-refractivity contribution in [2.24, 2.45) is 5.92 Å². The van der Waals surface area contributed by atoms with Crippen molar-refractivity contribution in [3.05, 3.63) is 35.5 Å². The average molecular weight is 241 g/mol. The first-order valence-electron chi connectivity index (χ1n) is 6.70. The van der Waals surface area contributed by atoms with Crippen LogP contribution in [0, 0.1) is 5.92 Å². The number of fused-ring (bicyclic) bond motifs is 1. The van der Waals surface area contributed by atoms with E-state index in [1.165, 1.54) is 24.1 Å². The lowest BCUT2D eigenvalue weighted by Gasteiger charge is -2.21. The Morgan fingerprint density at radius 2 is 2.22 bits per heavy atom. The lowest BCUT2D eigenvalue weighted by molar-refractivity contribution is 0.443. The molecule has 0 fully saturated rings. The summed E-state index contributed by atoms with van der Waals surface area (Å²) in [7, 11) is 0. The number of H-pyrrole nitrogens is 1. The van der Waals surface area contributed by atoms with Crippen molar-refractivity contribution in [3.8, 4) is 11.3 Å². The molecule has 2 aromatic rings. The summed E-state index contributed by atoms with van der Waals surface area (Å²) in [5.74, 6) is 0.791. The minimum atomic E-state index is 0.791. The number of rotatable bonds is 2. The van der Waals surface area contributed by atoms with Gasteiger partial charge in [0, 0.05) is 22.5 Å². The second kappa shape index (κ2) is 4.48. The Balaban J connectivity index is 2.05. The van der Waals surface area contributed by atoms with Crippen LogP contribution in [0.4, 0.5) is 5.69 Å². The van der Waals surface area contributed by atoms with E-state index in [-0.39, 0.29) is 0 Å². The summed E-state index contributed by atoms with van der Waals surface area (Å²) in [5, 5.41) is 7.68. The molecule has 1 aromatic heterocycles. The van der Waals surface area contributed by atoms with E-state index in [1.54, 1.807) is 0 Å². The number of hydrogen-bond donors (Lipinski definition) is 2. The molecule has 1 aromatic carbocycles. The number of para-hydroxylation sites is 1. The Morgan fingerprint density at radius 3 is 3.00 bits per heavy atom. The van der Waals surface area contributed by atoms with E-state index in [9.17, 15) is 0 Å². The zero-order chi connectivity index (χ0) is 12.5. The molecule has 1 atom stereocenters. The monoisotopic (exact) mass is 241 g/mol.